The molecular weight excluding hydrogens is 250 g/mol. The summed E-state index contributed by atoms with van der Waals surface area (Å²) in [5.74, 6) is 0.805. The van der Waals surface area contributed by atoms with Crippen LogP contribution >= 0.6 is 0 Å². The second kappa shape index (κ2) is 4.62. The lowest BCUT2D eigenvalue weighted by Gasteiger charge is -2.18. The van der Waals surface area contributed by atoms with Crippen LogP contribution in [0.3, 0.4) is 0 Å². The highest BCUT2D eigenvalue weighted by Gasteiger charge is 2.42. The smallest absolute Gasteiger partial charge is 0.151 e. The highest BCUT2D eigenvalue weighted by molar-refractivity contribution is 7.91. The van der Waals surface area contributed by atoms with Gasteiger partial charge in [0, 0.05) is 0 Å². The van der Waals surface area contributed by atoms with Crippen LogP contribution in [0.1, 0.15) is 12.0 Å². The average Bonchev–Trinajstić information content (AvgIpc) is 2.66. The zero-order valence-corrected chi connectivity index (χ0v) is 11.0. The first kappa shape index (κ1) is 12.9. The molecule has 0 radical (unpaired) electrons. The van der Waals surface area contributed by atoms with E-state index in [1.54, 1.807) is 7.11 Å². The van der Waals surface area contributed by atoms with Crippen molar-refractivity contribution < 1.29 is 13.2 Å². The molecule has 1 unspecified atom stereocenters. The summed E-state index contributed by atoms with van der Waals surface area (Å²) < 4.78 is 28.2. The molecule has 0 spiro atoms. The molecule has 0 aliphatic carbocycles. The summed E-state index contributed by atoms with van der Waals surface area (Å²) >= 11 is 0. The summed E-state index contributed by atoms with van der Waals surface area (Å²) in [6.07, 6.45) is 0.878. The van der Waals surface area contributed by atoms with Crippen molar-refractivity contribution in [1.82, 2.24) is 0 Å². The number of sulfone groups is 1. The van der Waals surface area contributed by atoms with Crippen molar-refractivity contribution in [1.29, 1.82) is 5.26 Å². The Hall–Kier alpha value is -1.54. The first-order valence-corrected chi connectivity index (χ1v) is 7.55. The molecule has 1 saturated heterocycles. The van der Waals surface area contributed by atoms with Crippen LogP contribution in [0.2, 0.25) is 0 Å². The lowest BCUT2D eigenvalue weighted by atomic mass is 9.83. The Bertz CT molecular complexity index is 588. The number of rotatable bonds is 3. The van der Waals surface area contributed by atoms with E-state index in [4.69, 9.17) is 4.74 Å². The van der Waals surface area contributed by atoms with Crippen LogP contribution in [0.15, 0.2) is 24.3 Å². The zero-order chi connectivity index (χ0) is 13.2. The molecule has 0 aromatic heterocycles. The van der Waals surface area contributed by atoms with Gasteiger partial charge >= 0.3 is 0 Å². The van der Waals surface area contributed by atoms with Crippen molar-refractivity contribution in [2.75, 3.05) is 18.6 Å². The van der Waals surface area contributed by atoms with Crippen molar-refractivity contribution in [2.45, 2.75) is 12.8 Å². The van der Waals surface area contributed by atoms with Crippen LogP contribution in [0.4, 0.5) is 0 Å². The Labute approximate surface area is 107 Å². The van der Waals surface area contributed by atoms with Gasteiger partial charge in [0.25, 0.3) is 0 Å². The standard InChI is InChI=1S/C13H15NO3S/c1-17-12-4-2-3-11(7-12)8-13(9-14)5-6-18(15,16)10-13/h2-4,7H,5-6,8,10H2,1H3. The van der Waals surface area contributed by atoms with Gasteiger partial charge in [0.1, 0.15) is 5.75 Å². The predicted molar refractivity (Wildman–Crippen MR) is 68.0 cm³/mol. The highest BCUT2D eigenvalue weighted by atomic mass is 32.2. The molecule has 1 heterocycles. The zero-order valence-electron chi connectivity index (χ0n) is 10.2. The molecule has 4 nitrogen and oxygen atoms in total. The van der Waals surface area contributed by atoms with Crippen molar-refractivity contribution in [3.8, 4) is 11.8 Å². The minimum Gasteiger partial charge on any atom is -0.497 e. The largest absolute Gasteiger partial charge is 0.497 e. The van der Waals surface area contributed by atoms with E-state index in [1.807, 2.05) is 24.3 Å². The van der Waals surface area contributed by atoms with E-state index in [0.29, 0.717) is 12.8 Å². The molecule has 0 amide bonds. The Morgan fingerprint density at radius 1 is 1.50 bits per heavy atom. The van der Waals surface area contributed by atoms with Gasteiger partial charge in [-0.15, -0.1) is 0 Å². The van der Waals surface area contributed by atoms with Gasteiger partial charge in [-0.1, -0.05) is 12.1 Å². The maximum absolute atomic E-state index is 11.5. The Kier molecular flexibility index (Phi) is 3.31. The van der Waals surface area contributed by atoms with Gasteiger partial charge in [-0.2, -0.15) is 5.26 Å². The van der Waals surface area contributed by atoms with E-state index >= 15 is 0 Å². The second-order valence-corrected chi connectivity index (χ2v) is 6.95. The minimum absolute atomic E-state index is 0.0340. The lowest BCUT2D eigenvalue weighted by Crippen LogP contribution is -2.23. The van der Waals surface area contributed by atoms with E-state index in [-0.39, 0.29) is 11.5 Å². The second-order valence-electron chi connectivity index (χ2n) is 4.76. The number of hydrogen-bond acceptors (Lipinski definition) is 4. The van der Waals surface area contributed by atoms with Gasteiger partial charge in [-0.05, 0) is 30.5 Å². The van der Waals surface area contributed by atoms with E-state index in [0.717, 1.165) is 11.3 Å². The molecular formula is C13H15NO3S. The van der Waals surface area contributed by atoms with Crippen LogP contribution in [0, 0.1) is 16.7 Å². The summed E-state index contributed by atoms with van der Waals surface area (Å²) in [6.45, 7) is 0. The van der Waals surface area contributed by atoms with Gasteiger partial charge < -0.3 is 4.74 Å². The Morgan fingerprint density at radius 2 is 2.28 bits per heavy atom. The van der Waals surface area contributed by atoms with Gasteiger partial charge in [0.2, 0.25) is 0 Å². The molecule has 2 rings (SSSR count). The fourth-order valence-corrected chi connectivity index (χ4v) is 4.36. The monoisotopic (exact) mass is 265 g/mol. The molecule has 1 aromatic carbocycles. The molecule has 1 fully saturated rings. The summed E-state index contributed by atoms with van der Waals surface area (Å²) in [6, 6.07) is 9.62. The molecule has 18 heavy (non-hydrogen) atoms. The Morgan fingerprint density at radius 3 is 2.83 bits per heavy atom. The van der Waals surface area contributed by atoms with Crippen LogP contribution in [-0.4, -0.2) is 27.0 Å². The first-order chi connectivity index (χ1) is 8.49. The molecule has 1 atom stereocenters. The quantitative estimate of drug-likeness (QED) is 0.832. The van der Waals surface area contributed by atoms with Gasteiger partial charge in [-0.3, -0.25) is 0 Å². The maximum atomic E-state index is 11.5. The lowest BCUT2D eigenvalue weighted by molar-refractivity contribution is 0.411. The van der Waals surface area contributed by atoms with Gasteiger partial charge in [0.05, 0.1) is 30.1 Å². The van der Waals surface area contributed by atoms with Gasteiger partial charge in [-0.25, -0.2) is 8.42 Å². The molecule has 0 N–H and O–H groups in total. The molecule has 1 aromatic rings. The third-order valence-electron chi connectivity index (χ3n) is 3.30. The van der Waals surface area contributed by atoms with Crippen molar-refractivity contribution in [3.63, 3.8) is 0 Å². The number of hydrogen-bond donors (Lipinski definition) is 0. The van der Waals surface area contributed by atoms with E-state index in [1.165, 1.54) is 0 Å². The number of ether oxygens (including phenoxy) is 1. The van der Waals surface area contributed by atoms with Crippen molar-refractivity contribution in [2.24, 2.45) is 5.41 Å². The first-order valence-electron chi connectivity index (χ1n) is 5.73. The van der Waals surface area contributed by atoms with E-state index in [9.17, 15) is 13.7 Å². The van der Waals surface area contributed by atoms with Crippen LogP contribution in [-0.2, 0) is 16.3 Å². The molecule has 0 bridgehead atoms. The average molecular weight is 265 g/mol. The maximum Gasteiger partial charge on any atom is 0.151 e. The van der Waals surface area contributed by atoms with Crippen LogP contribution < -0.4 is 4.74 Å². The molecule has 5 heteroatoms. The van der Waals surface area contributed by atoms with Gasteiger partial charge in [0.15, 0.2) is 9.84 Å². The topological polar surface area (TPSA) is 67.2 Å². The number of nitriles is 1. The van der Waals surface area contributed by atoms with Crippen molar-refractivity contribution in [3.05, 3.63) is 29.8 Å². The third kappa shape index (κ3) is 2.65. The van der Waals surface area contributed by atoms with E-state index < -0.39 is 15.3 Å². The minimum atomic E-state index is -3.06. The fraction of sp³-hybridized carbons (Fsp3) is 0.462. The summed E-state index contributed by atoms with van der Waals surface area (Å²) in [5, 5.41) is 9.29. The molecule has 1 aliphatic heterocycles. The normalized spacial score (nSPS) is 25.6. The third-order valence-corrected chi connectivity index (χ3v) is 5.12. The van der Waals surface area contributed by atoms with Crippen molar-refractivity contribution >= 4 is 9.84 Å². The van der Waals surface area contributed by atoms with E-state index in [2.05, 4.69) is 6.07 Å². The summed E-state index contributed by atoms with van der Waals surface area (Å²) in [5.41, 5.74) is 0.165. The predicted octanol–water partition coefficient (Wildman–Crippen LogP) is 1.57. The van der Waals surface area contributed by atoms with Crippen LogP contribution in [0.25, 0.3) is 0 Å². The highest BCUT2D eigenvalue weighted by Crippen LogP contribution is 2.35. The summed E-state index contributed by atoms with van der Waals surface area (Å²) in [4.78, 5) is 0. The number of methoxy groups -OCH3 is 1. The molecule has 1 aliphatic rings. The van der Waals surface area contributed by atoms with Crippen LogP contribution in [0.5, 0.6) is 5.75 Å². The number of benzene rings is 1. The number of nitrogens with zero attached hydrogens (tertiary/aromatic N) is 1. The Balaban J connectivity index is 2.24. The summed E-state index contributed by atoms with van der Waals surface area (Å²) in [7, 11) is -1.47. The molecule has 0 saturated carbocycles. The SMILES string of the molecule is COc1cccc(CC2(C#N)CCS(=O)(=O)C2)c1. The fourth-order valence-electron chi connectivity index (χ4n) is 2.36. The molecule has 96 valence electrons.